The molecule has 1 unspecified atom stereocenters. The molecule has 0 aliphatic carbocycles. The van der Waals surface area contributed by atoms with Gasteiger partial charge in [0.25, 0.3) is 0 Å². The molecule has 110 valence electrons. The van der Waals surface area contributed by atoms with Crippen LogP contribution in [0.25, 0.3) is 0 Å². The van der Waals surface area contributed by atoms with Gasteiger partial charge in [-0.1, -0.05) is 0 Å². The lowest BCUT2D eigenvalue weighted by molar-refractivity contribution is -0.138. The third kappa shape index (κ3) is 5.46. The SMILES string of the molecule is O=C(O)CC1CCCN(CCCSc2cncnc2)C1. The van der Waals surface area contributed by atoms with Gasteiger partial charge in [-0.25, -0.2) is 9.97 Å². The van der Waals surface area contributed by atoms with Gasteiger partial charge < -0.3 is 10.0 Å². The highest BCUT2D eigenvalue weighted by atomic mass is 32.2. The number of nitrogens with zero attached hydrogens (tertiary/aromatic N) is 3. The number of aliphatic carboxylic acids is 1. The Kier molecular flexibility index (Phi) is 6.26. The number of thioether (sulfide) groups is 1. The number of hydrogen-bond donors (Lipinski definition) is 1. The summed E-state index contributed by atoms with van der Waals surface area (Å²) in [5, 5.41) is 8.86. The van der Waals surface area contributed by atoms with Gasteiger partial charge in [-0.05, 0) is 44.0 Å². The van der Waals surface area contributed by atoms with Gasteiger partial charge in [0.15, 0.2) is 0 Å². The third-order valence-electron chi connectivity index (χ3n) is 3.49. The van der Waals surface area contributed by atoms with Crippen molar-refractivity contribution in [3.8, 4) is 0 Å². The van der Waals surface area contributed by atoms with E-state index in [9.17, 15) is 4.79 Å². The molecular weight excluding hydrogens is 274 g/mol. The Morgan fingerprint density at radius 1 is 1.45 bits per heavy atom. The van der Waals surface area contributed by atoms with Crippen molar-refractivity contribution >= 4 is 17.7 Å². The molecule has 5 nitrogen and oxygen atoms in total. The van der Waals surface area contributed by atoms with E-state index in [1.165, 1.54) is 0 Å². The van der Waals surface area contributed by atoms with Gasteiger partial charge in [0.1, 0.15) is 6.33 Å². The van der Waals surface area contributed by atoms with Gasteiger partial charge >= 0.3 is 5.97 Å². The highest BCUT2D eigenvalue weighted by Crippen LogP contribution is 2.21. The molecule has 6 heteroatoms. The lowest BCUT2D eigenvalue weighted by Crippen LogP contribution is -2.37. The van der Waals surface area contributed by atoms with Gasteiger partial charge in [-0.3, -0.25) is 4.79 Å². The number of aromatic nitrogens is 2. The zero-order valence-corrected chi connectivity index (χ0v) is 12.4. The monoisotopic (exact) mass is 295 g/mol. The van der Waals surface area contributed by atoms with Gasteiger partial charge in [-0.2, -0.15) is 0 Å². The first kappa shape index (κ1) is 15.3. The van der Waals surface area contributed by atoms with Crippen LogP contribution < -0.4 is 0 Å². The maximum atomic E-state index is 10.8. The van der Waals surface area contributed by atoms with Crippen molar-refractivity contribution in [3.05, 3.63) is 18.7 Å². The second kappa shape index (κ2) is 8.21. The second-order valence-corrected chi connectivity index (χ2v) is 6.35. The summed E-state index contributed by atoms with van der Waals surface area (Å²) in [5.74, 6) is 0.709. The number of rotatable bonds is 7. The fourth-order valence-corrected chi connectivity index (χ4v) is 3.39. The molecule has 20 heavy (non-hydrogen) atoms. The summed E-state index contributed by atoms with van der Waals surface area (Å²) in [7, 11) is 0. The minimum absolute atomic E-state index is 0.312. The summed E-state index contributed by atoms with van der Waals surface area (Å²) < 4.78 is 0. The van der Waals surface area contributed by atoms with E-state index in [1.54, 1.807) is 18.1 Å². The van der Waals surface area contributed by atoms with Crippen LogP contribution in [0.2, 0.25) is 0 Å². The van der Waals surface area contributed by atoms with E-state index in [0.29, 0.717) is 12.3 Å². The maximum absolute atomic E-state index is 10.8. The first-order valence-electron chi connectivity index (χ1n) is 7.06. The third-order valence-corrected chi connectivity index (χ3v) is 4.53. The Labute approximate surface area is 123 Å². The maximum Gasteiger partial charge on any atom is 0.303 e. The zero-order chi connectivity index (χ0) is 14.2. The fraction of sp³-hybridized carbons (Fsp3) is 0.643. The first-order valence-corrected chi connectivity index (χ1v) is 8.04. The van der Waals surface area contributed by atoms with Crippen LogP contribution in [0, 0.1) is 5.92 Å². The molecule has 0 aromatic carbocycles. The lowest BCUT2D eigenvalue weighted by Gasteiger charge is -2.31. The summed E-state index contributed by atoms with van der Waals surface area (Å²) in [6.45, 7) is 3.09. The van der Waals surface area contributed by atoms with Crippen molar-refractivity contribution in [2.75, 3.05) is 25.4 Å². The second-order valence-electron chi connectivity index (χ2n) is 5.18. The molecule has 1 fully saturated rings. The normalized spacial score (nSPS) is 19.9. The van der Waals surface area contributed by atoms with Crippen LogP contribution in [-0.2, 0) is 4.79 Å². The standard InChI is InChI=1S/C14H21N3O2S/c18-14(19)7-12-3-1-4-17(10-12)5-2-6-20-13-8-15-11-16-9-13/h8-9,11-12H,1-7,10H2,(H,18,19). The Morgan fingerprint density at radius 3 is 3.00 bits per heavy atom. The molecule has 1 saturated heterocycles. The zero-order valence-electron chi connectivity index (χ0n) is 11.6. The van der Waals surface area contributed by atoms with E-state index < -0.39 is 5.97 Å². The Morgan fingerprint density at radius 2 is 2.25 bits per heavy atom. The quantitative estimate of drug-likeness (QED) is 0.614. The molecule has 0 saturated carbocycles. The van der Waals surface area contributed by atoms with Crippen LogP contribution in [0.4, 0.5) is 0 Å². The molecule has 1 aliphatic rings. The average molecular weight is 295 g/mol. The molecule has 2 rings (SSSR count). The van der Waals surface area contributed by atoms with Crippen molar-refractivity contribution in [2.45, 2.75) is 30.6 Å². The number of carboxylic acids is 1. The largest absolute Gasteiger partial charge is 0.481 e. The minimum Gasteiger partial charge on any atom is -0.481 e. The number of carbonyl (C=O) groups is 1. The van der Waals surface area contributed by atoms with Crippen LogP contribution >= 0.6 is 11.8 Å². The van der Waals surface area contributed by atoms with Gasteiger partial charge in [0.2, 0.25) is 0 Å². The van der Waals surface area contributed by atoms with Crippen molar-refractivity contribution in [2.24, 2.45) is 5.92 Å². The number of piperidine rings is 1. The fourth-order valence-electron chi connectivity index (χ4n) is 2.61. The van der Waals surface area contributed by atoms with Crippen LogP contribution in [0.1, 0.15) is 25.7 Å². The van der Waals surface area contributed by atoms with E-state index in [1.807, 2.05) is 12.4 Å². The summed E-state index contributed by atoms with van der Waals surface area (Å²) in [5.41, 5.74) is 0. The number of carboxylic acid groups (broad SMARTS) is 1. The summed E-state index contributed by atoms with van der Waals surface area (Å²) in [4.78, 5) is 22.3. The smallest absolute Gasteiger partial charge is 0.303 e. The highest BCUT2D eigenvalue weighted by molar-refractivity contribution is 7.99. The predicted molar refractivity (Wildman–Crippen MR) is 78.8 cm³/mol. The van der Waals surface area contributed by atoms with E-state index in [2.05, 4.69) is 14.9 Å². The van der Waals surface area contributed by atoms with Crippen LogP contribution in [0.15, 0.2) is 23.6 Å². The van der Waals surface area contributed by atoms with Crippen LogP contribution in [0.3, 0.4) is 0 Å². The van der Waals surface area contributed by atoms with E-state index in [-0.39, 0.29) is 0 Å². The Hall–Kier alpha value is -1.14. The average Bonchev–Trinajstić information content (AvgIpc) is 2.44. The van der Waals surface area contributed by atoms with Crippen molar-refractivity contribution in [1.29, 1.82) is 0 Å². The molecule has 1 aliphatic heterocycles. The molecule has 1 aromatic heterocycles. The molecule has 0 amide bonds. The number of hydrogen-bond acceptors (Lipinski definition) is 5. The van der Waals surface area contributed by atoms with Crippen molar-refractivity contribution in [1.82, 2.24) is 14.9 Å². The van der Waals surface area contributed by atoms with Gasteiger partial charge in [-0.15, -0.1) is 11.8 Å². The van der Waals surface area contributed by atoms with E-state index in [0.717, 1.165) is 49.5 Å². The molecule has 0 bridgehead atoms. The van der Waals surface area contributed by atoms with Crippen LogP contribution in [-0.4, -0.2) is 51.3 Å². The van der Waals surface area contributed by atoms with Crippen molar-refractivity contribution in [3.63, 3.8) is 0 Å². The van der Waals surface area contributed by atoms with Crippen molar-refractivity contribution < 1.29 is 9.90 Å². The van der Waals surface area contributed by atoms with Gasteiger partial charge in [0, 0.05) is 30.3 Å². The van der Waals surface area contributed by atoms with E-state index in [4.69, 9.17) is 5.11 Å². The van der Waals surface area contributed by atoms with Gasteiger partial charge in [0.05, 0.1) is 0 Å². The Balaban J connectivity index is 1.62. The van der Waals surface area contributed by atoms with E-state index >= 15 is 0 Å². The number of likely N-dealkylation sites (tertiary alicyclic amines) is 1. The molecule has 1 atom stereocenters. The lowest BCUT2D eigenvalue weighted by atomic mass is 9.95. The first-order chi connectivity index (χ1) is 9.74. The summed E-state index contributed by atoms with van der Waals surface area (Å²) in [6.07, 6.45) is 8.81. The molecule has 1 N–H and O–H groups in total. The highest BCUT2D eigenvalue weighted by Gasteiger charge is 2.21. The topological polar surface area (TPSA) is 66.3 Å². The summed E-state index contributed by atoms with van der Waals surface area (Å²) in [6, 6.07) is 0. The predicted octanol–water partition coefficient (Wildman–Crippen LogP) is 2.15. The molecular formula is C14H21N3O2S. The summed E-state index contributed by atoms with van der Waals surface area (Å²) >= 11 is 1.77. The minimum atomic E-state index is -0.670. The Bertz CT molecular complexity index is 416. The molecule has 0 radical (unpaired) electrons. The molecule has 0 spiro atoms. The molecule has 2 heterocycles. The molecule has 1 aromatic rings. The van der Waals surface area contributed by atoms with Crippen LogP contribution in [0.5, 0.6) is 0 Å².